The fourth-order valence-electron chi connectivity index (χ4n) is 1.74. The summed E-state index contributed by atoms with van der Waals surface area (Å²) in [5.41, 5.74) is 6.74. The van der Waals surface area contributed by atoms with Gasteiger partial charge in [0.2, 0.25) is 0 Å². The summed E-state index contributed by atoms with van der Waals surface area (Å²) in [5, 5.41) is 0.586. The van der Waals surface area contributed by atoms with Gasteiger partial charge in [-0.3, -0.25) is 0 Å². The molecule has 0 amide bonds. The van der Waals surface area contributed by atoms with Gasteiger partial charge in [0.25, 0.3) is 0 Å². The fourth-order valence-corrected chi connectivity index (χ4v) is 1.87. The van der Waals surface area contributed by atoms with Gasteiger partial charge in [0.05, 0.1) is 11.6 Å². The van der Waals surface area contributed by atoms with E-state index >= 15 is 0 Å². The van der Waals surface area contributed by atoms with Crippen molar-refractivity contribution in [3.8, 4) is 0 Å². The summed E-state index contributed by atoms with van der Waals surface area (Å²) >= 11 is 5.77. The van der Waals surface area contributed by atoms with Gasteiger partial charge in [-0.15, -0.1) is 0 Å². The highest BCUT2D eigenvalue weighted by molar-refractivity contribution is 6.30. The SMILES string of the molecule is NC(c1ccc(Cl)cc1)c1ccc(C(F)(F)F)cc1. The lowest BCUT2D eigenvalue weighted by Gasteiger charge is -2.14. The lowest BCUT2D eigenvalue weighted by Crippen LogP contribution is -2.12. The van der Waals surface area contributed by atoms with Gasteiger partial charge in [0.1, 0.15) is 0 Å². The maximum absolute atomic E-state index is 12.4. The Labute approximate surface area is 113 Å². The Bertz CT molecular complexity index is 546. The van der Waals surface area contributed by atoms with E-state index in [1.54, 1.807) is 24.3 Å². The summed E-state index contributed by atoms with van der Waals surface area (Å²) in [6, 6.07) is 11.3. The first kappa shape index (κ1) is 13.9. The average Bonchev–Trinajstić information content (AvgIpc) is 2.38. The number of alkyl halides is 3. The van der Waals surface area contributed by atoms with Gasteiger partial charge in [-0.05, 0) is 35.4 Å². The monoisotopic (exact) mass is 285 g/mol. The van der Waals surface area contributed by atoms with E-state index in [1.807, 2.05) is 0 Å². The van der Waals surface area contributed by atoms with Crippen molar-refractivity contribution in [3.63, 3.8) is 0 Å². The number of halogens is 4. The van der Waals surface area contributed by atoms with E-state index in [2.05, 4.69) is 0 Å². The van der Waals surface area contributed by atoms with Crippen molar-refractivity contribution in [2.75, 3.05) is 0 Å². The number of hydrogen-bond donors (Lipinski definition) is 1. The van der Waals surface area contributed by atoms with E-state index in [9.17, 15) is 13.2 Å². The van der Waals surface area contributed by atoms with Crippen molar-refractivity contribution in [2.45, 2.75) is 12.2 Å². The van der Waals surface area contributed by atoms with Gasteiger partial charge in [0, 0.05) is 5.02 Å². The Hall–Kier alpha value is -1.52. The minimum Gasteiger partial charge on any atom is -0.320 e. The Morgan fingerprint density at radius 1 is 0.842 bits per heavy atom. The highest BCUT2D eigenvalue weighted by Crippen LogP contribution is 2.30. The zero-order chi connectivity index (χ0) is 14.0. The van der Waals surface area contributed by atoms with Crippen LogP contribution in [0.5, 0.6) is 0 Å². The molecule has 0 fully saturated rings. The molecule has 2 aromatic carbocycles. The third-order valence-electron chi connectivity index (χ3n) is 2.83. The van der Waals surface area contributed by atoms with Crippen molar-refractivity contribution in [1.82, 2.24) is 0 Å². The van der Waals surface area contributed by atoms with Gasteiger partial charge in [-0.2, -0.15) is 13.2 Å². The zero-order valence-corrected chi connectivity index (χ0v) is 10.5. The second kappa shape index (κ2) is 5.23. The number of benzene rings is 2. The standard InChI is InChI=1S/C14H11ClF3N/c15-12-7-3-10(4-8-12)13(19)9-1-5-11(6-2-9)14(16,17)18/h1-8,13H,19H2. The summed E-state index contributed by atoms with van der Waals surface area (Å²) in [4.78, 5) is 0. The van der Waals surface area contributed by atoms with Crippen LogP contribution < -0.4 is 5.73 Å². The molecule has 0 spiro atoms. The van der Waals surface area contributed by atoms with Gasteiger partial charge in [-0.25, -0.2) is 0 Å². The molecule has 5 heteroatoms. The fraction of sp³-hybridized carbons (Fsp3) is 0.143. The van der Waals surface area contributed by atoms with Crippen LogP contribution in [0.1, 0.15) is 22.7 Å². The molecular formula is C14H11ClF3N. The lowest BCUT2D eigenvalue weighted by molar-refractivity contribution is -0.137. The predicted octanol–water partition coefficient (Wildman–Crippen LogP) is 4.41. The average molecular weight is 286 g/mol. The molecule has 1 unspecified atom stereocenters. The molecular weight excluding hydrogens is 275 g/mol. The summed E-state index contributed by atoms with van der Waals surface area (Å²) in [7, 11) is 0. The Balaban J connectivity index is 2.25. The first-order chi connectivity index (χ1) is 8.88. The van der Waals surface area contributed by atoms with Crippen molar-refractivity contribution >= 4 is 11.6 Å². The first-order valence-electron chi connectivity index (χ1n) is 5.56. The topological polar surface area (TPSA) is 26.0 Å². The molecule has 0 heterocycles. The largest absolute Gasteiger partial charge is 0.416 e. The van der Waals surface area contributed by atoms with Crippen LogP contribution in [0, 0.1) is 0 Å². The van der Waals surface area contributed by atoms with E-state index in [4.69, 9.17) is 17.3 Å². The molecule has 0 radical (unpaired) electrons. The van der Waals surface area contributed by atoms with Crippen LogP contribution in [0.15, 0.2) is 48.5 Å². The molecule has 0 aliphatic heterocycles. The van der Waals surface area contributed by atoms with E-state index in [-0.39, 0.29) is 0 Å². The highest BCUT2D eigenvalue weighted by atomic mass is 35.5. The van der Waals surface area contributed by atoms with Gasteiger partial charge < -0.3 is 5.73 Å². The summed E-state index contributed by atoms with van der Waals surface area (Å²) < 4.78 is 37.3. The smallest absolute Gasteiger partial charge is 0.320 e. The summed E-state index contributed by atoms with van der Waals surface area (Å²) in [6.45, 7) is 0. The van der Waals surface area contributed by atoms with Crippen LogP contribution in [-0.2, 0) is 6.18 Å². The third-order valence-corrected chi connectivity index (χ3v) is 3.08. The van der Waals surface area contributed by atoms with Gasteiger partial charge in [0.15, 0.2) is 0 Å². The molecule has 2 N–H and O–H groups in total. The van der Waals surface area contributed by atoms with Crippen LogP contribution >= 0.6 is 11.6 Å². The second-order valence-corrected chi connectivity index (χ2v) is 4.59. The summed E-state index contributed by atoms with van der Waals surface area (Å²) in [5.74, 6) is 0. The Morgan fingerprint density at radius 2 is 1.26 bits per heavy atom. The molecule has 1 nitrogen and oxygen atoms in total. The van der Waals surface area contributed by atoms with Gasteiger partial charge in [-0.1, -0.05) is 35.9 Å². The molecule has 0 aromatic heterocycles. The first-order valence-corrected chi connectivity index (χ1v) is 5.94. The Morgan fingerprint density at radius 3 is 1.68 bits per heavy atom. The van der Waals surface area contributed by atoms with E-state index < -0.39 is 17.8 Å². The molecule has 0 bridgehead atoms. The molecule has 0 saturated carbocycles. The van der Waals surface area contributed by atoms with Gasteiger partial charge >= 0.3 is 6.18 Å². The molecule has 1 atom stereocenters. The maximum atomic E-state index is 12.4. The number of rotatable bonds is 2. The van der Waals surface area contributed by atoms with E-state index in [0.29, 0.717) is 10.6 Å². The maximum Gasteiger partial charge on any atom is 0.416 e. The minimum atomic E-state index is -4.33. The minimum absolute atomic E-state index is 0.473. The van der Waals surface area contributed by atoms with Crippen LogP contribution in [-0.4, -0.2) is 0 Å². The summed E-state index contributed by atoms with van der Waals surface area (Å²) in [6.07, 6.45) is -4.33. The van der Waals surface area contributed by atoms with Crippen molar-refractivity contribution in [2.24, 2.45) is 5.73 Å². The number of hydrogen-bond acceptors (Lipinski definition) is 1. The number of nitrogens with two attached hydrogens (primary N) is 1. The normalized spacial score (nSPS) is 13.3. The highest BCUT2D eigenvalue weighted by Gasteiger charge is 2.30. The van der Waals surface area contributed by atoms with Crippen molar-refractivity contribution < 1.29 is 13.2 Å². The zero-order valence-electron chi connectivity index (χ0n) is 9.79. The second-order valence-electron chi connectivity index (χ2n) is 4.15. The molecule has 0 aliphatic carbocycles. The van der Waals surface area contributed by atoms with E-state index in [1.165, 1.54) is 12.1 Å². The quantitative estimate of drug-likeness (QED) is 0.869. The third kappa shape index (κ3) is 3.28. The van der Waals surface area contributed by atoms with E-state index in [0.717, 1.165) is 17.7 Å². The molecule has 19 heavy (non-hydrogen) atoms. The molecule has 2 rings (SSSR count). The molecule has 0 saturated heterocycles. The Kier molecular flexibility index (Phi) is 3.83. The van der Waals surface area contributed by atoms with Crippen molar-refractivity contribution in [1.29, 1.82) is 0 Å². The van der Waals surface area contributed by atoms with Crippen LogP contribution in [0.2, 0.25) is 5.02 Å². The van der Waals surface area contributed by atoms with Crippen LogP contribution in [0.4, 0.5) is 13.2 Å². The molecule has 100 valence electrons. The van der Waals surface area contributed by atoms with Crippen LogP contribution in [0.3, 0.4) is 0 Å². The molecule has 0 aliphatic rings. The molecule has 2 aromatic rings. The lowest BCUT2D eigenvalue weighted by atomic mass is 9.98. The van der Waals surface area contributed by atoms with Crippen LogP contribution in [0.25, 0.3) is 0 Å². The van der Waals surface area contributed by atoms with Crippen molar-refractivity contribution in [3.05, 3.63) is 70.2 Å². The predicted molar refractivity (Wildman–Crippen MR) is 68.9 cm³/mol.